The number of ether oxygens (including phenoxy) is 2. The predicted molar refractivity (Wildman–Crippen MR) is 142 cm³/mol. The van der Waals surface area contributed by atoms with E-state index in [-0.39, 0.29) is 6.04 Å². The first kappa shape index (κ1) is 24.8. The molecule has 0 radical (unpaired) electrons. The highest BCUT2D eigenvalue weighted by molar-refractivity contribution is 7.80. The van der Waals surface area contributed by atoms with E-state index in [9.17, 15) is 0 Å². The smallest absolute Gasteiger partial charge is 0.176 e. The second-order valence-corrected chi connectivity index (χ2v) is 9.39. The van der Waals surface area contributed by atoms with Crippen molar-refractivity contribution in [2.24, 2.45) is 0 Å². The number of para-hydroxylation sites is 1. The summed E-state index contributed by atoms with van der Waals surface area (Å²) in [5.41, 5.74) is 2.66. The fourth-order valence-electron chi connectivity index (χ4n) is 4.20. The summed E-state index contributed by atoms with van der Waals surface area (Å²) < 4.78 is 17.2. The van der Waals surface area contributed by atoms with Gasteiger partial charge in [0, 0.05) is 42.3 Å². The van der Waals surface area contributed by atoms with Crippen molar-refractivity contribution in [2.45, 2.75) is 26.3 Å². The summed E-state index contributed by atoms with van der Waals surface area (Å²) >= 11 is 12.2. The van der Waals surface area contributed by atoms with Crippen molar-refractivity contribution in [3.05, 3.63) is 58.8 Å². The van der Waals surface area contributed by atoms with E-state index < -0.39 is 0 Å². The Morgan fingerprint density at radius 3 is 2.76 bits per heavy atom. The van der Waals surface area contributed by atoms with Crippen LogP contribution in [0.1, 0.15) is 30.7 Å². The summed E-state index contributed by atoms with van der Waals surface area (Å²) in [4.78, 5) is 4.63. The maximum Gasteiger partial charge on any atom is 0.176 e. The minimum absolute atomic E-state index is 0.0669. The number of methoxy groups -OCH3 is 1. The third kappa shape index (κ3) is 5.84. The number of anilines is 1. The van der Waals surface area contributed by atoms with Crippen LogP contribution < -0.4 is 10.1 Å². The highest BCUT2D eigenvalue weighted by Gasteiger charge is 2.23. The first-order valence-electron chi connectivity index (χ1n) is 11.7. The summed E-state index contributed by atoms with van der Waals surface area (Å²) in [5.74, 6) is 1.57. The molecular weight excluding hydrogens is 470 g/mol. The molecule has 1 atom stereocenters. The zero-order valence-corrected chi connectivity index (χ0v) is 21.5. The summed E-state index contributed by atoms with van der Waals surface area (Å²) in [6.45, 7) is 9.45. The fraction of sp³-hybridized carbons (Fsp3) is 0.423. The molecule has 1 aliphatic rings. The number of thiocarbonyl (C=S) groups is 1. The zero-order chi connectivity index (χ0) is 24.1. The van der Waals surface area contributed by atoms with Crippen molar-refractivity contribution in [1.29, 1.82) is 0 Å². The number of halogens is 1. The monoisotopic (exact) mass is 501 g/mol. The third-order valence-corrected chi connectivity index (χ3v) is 7.03. The van der Waals surface area contributed by atoms with Crippen LogP contribution in [0.4, 0.5) is 5.69 Å². The lowest BCUT2D eigenvalue weighted by Crippen LogP contribution is -2.41. The predicted octanol–water partition coefficient (Wildman–Crippen LogP) is 5.89. The van der Waals surface area contributed by atoms with E-state index in [0.717, 1.165) is 79.5 Å². The van der Waals surface area contributed by atoms with Gasteiger partial charge in [-0.3, -0.25) is 4.90 Å². The van der Waals surface area contributed by atoms with Gasteiger partial charge in [0.05, 0.1) is 26.4 Å². The summed E-state index contributed by atoms with van der Waals surface area (Å²) in [5, 5.41) is 5.74. The Hall–Kier alpha value is -2.32. The van der Waals surface area contributed by atoms with Gasteiger partial charge in [0.25, 0.3) is 0 Å². The minimum Gasteiger partial charge on any atom is -0.493 e. The number of benzene rings is 2. The molecule has 2 aromatic carbocycles. The quantitative estimate of drug-likeness (QED) is 0.386. The number of aryl methyl sites for hydroxylation is 1. The van der Waals surface area contributed by atoms with Crippen molar-refractivity contribution < 1.29 is 13.9 Å². The molecule has 0 saturated carbocycles. The molecule has 182 valence electrons. The van der Waals surface area contributed by atoms with Gasteiger partial charge in [-0.25, -0.2) is 0 Å². The van der Waals surface area contributed by atoms with Crippen LogP contribution in [0, 0.1) is 6.92 Å². The molecule has 1 aliphatic heterocycles. The van der Waals surface area contributed by atoms with E-state index in [2.05, 4.69) is 28.1 Å². The number of fused-ring (bicyclic) bond motifs is 1. The lowest BCUT2D eigenvalue weighted by Gasteiger charge is -2.32. The Balaban J connectivity index is 1.53. The number of morpholine rings is 1. The Bertz CT molecular complexity index is 1130. The Kier molecular flexibility index (Phi) is 8.32. The van der Waals surface area contributed by atoms with Crippen molar-refractivity contribution in [2.75, 3.05) is 51.8 Å². The molecule has 4 rings (SSSR count). The largest absolute Gasteiger partial charge is 0.493 e. The molecule has 0 bridgehead atoms. The molecule has 1 aromatic heterocycles. The average Bonchev–Trinajstić information content (AvgIpc) is 3.29. The van der Waals surface area contributed by atoms with Gasteiger partial charge in [-0.1, -0.05) is 29.8 Å². The molecule has 34 heavy (non-hydrogen) atoms. The second-order valence-electron chi connectivity index (χ2n) is 8.60. The zero-order valence-electron chi connectivity index (χ0n) is 20.0. The van der Waals surface area contributed by atoms with Gasteiger partial charge in [-0.2, -0.15) is 0 Å². The van der Waals surface area contributed by atoms with Crippen molar-refractivity contribution in [3.8, 4) is 5.75 Å². The Morgan fingerprint density at radius 2 is 2.03 bits per heavy atom. The molecule has 1 saturated heterocycles. The number of nitrogens with zero attached hydrogens (tertiary/aromatic N) is 2. The summed E-state index contributed by atoms with van der Waals surface area (Å²) in [7, 11) is 1.66. The van der Waals surface area contributed by atoms with Crippen LogP contribution in [0.2, 0.25) is 5.02 Å². The minimum atomic E-state index is -0.0669. The topological polar surface area (TPSA) is 50.1 Å². The maximum absolute atomic E-state index is 6.34. The molecule has 3 aromatic rings. The number of hydrogen-bond donors (Lipinski definition) is 1. The van der Waals surface area contributed by atoms with Gasteiger partial charge in [0.15, 0.2) is 16.4 Å². The average molecular weight is 502 g/mol. The summed E-state index contributed by atoms with van der Waals surface area (Å²) in [6, 6.07) is 13.8. The van der Waals surface area contributed by atoms with Gasteiger partial charge >= 0.3 is 0 Å². The normalized spacial score (nSPS) is 15.3. The molecule has 0 unspecified atom stereocenters. The van der Waals surface area contributed by atoms with Crippen LogP contribution in [0.15, 0.2) is 46.9 Å². The van der Waals surface area contributed by atoms with E-state index in [0.29, 0.717) is 10.1 Å². The highest BCUT2D eigenvalue weighted by Crippen LogP contribution is 2.33. The number of rotatable bonds is 8. The SMILES string of the molecule is COc1cccc2cc([C@H](C)N(CCCN3CCOCC3)C(=S)Nc3ccc(C)c(Cl)c3)oc12. The van der Waals surface area contributed by atoms with Gasteiger partial charge in [-0.05, 0) is 62.3 Å². The van der Waals surface area contributed by atoms with Crippen molar-refractivity contribution in [1.82, 2.24) is 9.80 Å². The Labute approximate surface area is 211 Å². The van der Waals surface area contributed by atoms with Crippen LogP contribution >= 0.6 is 23.8 Å². The van der Waals surface area contributed by atoms with E-state index in [1.165, 1.54) is 0 Å². The molecule has 0 amide bonds. The second kappa shape index (κ2) is 11.4. The maximum atomic E-state index is 6.34. The molecule has 8 heteroatoms. The molecule has 6 nitrogen and oxygen atoms in total. The first-order chi connectivity index (χ1) is 16.5. The number of furan rings is 1. The lowest BCUT2D eigenvalue weighted by atomic mass is 10.2. The van der Waals surface area contributed by atoms with Gasteiger partial charge in [0.2, 0.25) is 0 Å². The number of hydrogen-bond acceptors (Lipinski definition) is 5. The van der Waals surface area contributed by atoms with E-state index in [4.69, 9.17) is 37.7 Å². The molecule has 1 N–H and O–H groups in total. The van der Waals surface area contributed by atoms with Crippen LogP contribution in [0.5, 0.6) is 5.75 Å². The highest BCUT2D eigenvalue weighted by atomic mass is 35.5. The van der Waals surface area contributed by atoms with E-state index in [1.807, 2.05) is 43.3 Å². The summed E-state index contributed by atoms with van der Waals surface area (Å²) in [6.07, 6.45) is 0.977. The molecular formula is C26H32ClN3O3S. The van der Waals surface area contributed by atoms with Gasteiger partial charge in [-0.15, -0.1) is 0 Å². The van der Waals surface area contributed by atoms with Crippen LogP contribution in [0.3, 0.4) is 0 Å². The molecule has 0 aliphatic carbocycles. The first-order valence-corrected chi connectivity index (χ1v) is 12.4. The van der Waals surface area contributed by atoms with Crippen LogP contribution in [-0.4, -0.2) is 61.4 Å². The molecule has 0 spiro atoms. The van der Waals surface area contributed by atoms with Crippen molar-refractivity contribution in [3.63, 3.8) is 0 Å². The standard InChI is InChI=1S/C26H32ClN3O3S/c1-18-8-9-21(17-22(18)27)28-26(34)30(11-5-10-29-12-14-32-15-13-29)19(2)24-16-20-6-4-7-23(31-3)25(20)33-24/h4,6-9,16-17,19H,5,10-15H2,1-3H3,(H,28,34)/t19-/m0/s1. The van der Waals surface area contributed by atoms with Crippen molar-refractivity contribution >= 4 is 45.6 Å². The van der Waals surface area contributed by atoms with E-state index in [1.54, 1.807) is 7.11 Å². The molecule has 1 fully saturated rings. The van der Waals surface area contributed by atoms with Gasteiger partial charge < -0.3 is 24.1 Å². The molecule has 2 heterocycles. The Morgan fingerprint density at radius 1 is 1.24 bits per heavy atom. The fourth-order valence-corrected chi connectivity index (χ4v) is 4.75. The van der Waals surface area contributed by atoms with Crippen LogP contribution in [0.25, 0.3) is 11.0 Å². The number of nitrogens with one attached hydrogen (secondary N) is 1. The third-order valence-electron chi connectivity index (χ3n) is 6.29. The lowest BCUT2D eigenvalue weighted by molar-refractivity contribution is 0.0365. The van der Waals surface area contributed by atoms with Crippen LogP contribution in [-0.2, 0) is 4.74 Å². The van der Waals surface area contributed by atoms with E-state index >= 15 is 0 Å². The van der Waals surface area contributed by atoms with Gasteiger partial charge in [0.1, 0.15) is 5.76 Å².